The molecule has 0 spiro atoms. The van der Waals surface area contributed by atoms with Gasteiger partial charge in [-0.05, 0) is 44.5 Å². The largest absolute Gasteiger partial charge is 0.368 e. The molecule has 1 aromatic heterocycles. The fraction of sp³-hybridized carbons (Fsp3) is 0.389. The van der Waals surface area contributed by atoms with Crippen LogP contribution in [0, 0.1) is 0 Å². The number of carbonyl (C=O) groups is 1. The van der Waals surface area contributed by atoms with Crippen LogP contribution in [0.4, 0.5) is 11.6 Å². The van der Waals surface area contributed by atoms with E-state index in [0.717, 1.165) is 29.8 Å². The molecule has 1 aliphatic heterocycles. The summed E-state index contributed by atoms with van der Waals surface area (Å²) in [4.78, 5) is 20.8. The van der Waals surface area contributed by atoms with E-state index in [1.165, 1.54) is 0 Å². The SMILES string of the molecule is CC(C)NC1(C(=O)Nc2ccc(-c3cnc(N)nc3)cc2)CCNC1. The van der Waals surface area contributed by atoms with Crippen LogP contribution in [0.15, 0.2) is 36.7 Å². The first-order valence-corrected chi connectivity index (χ1v) is 8.46. The molecule has 1 aliphatic rings. The Morgan fingerprint density at radius 3 is 2.44 bits per heavy atom. The lowest BCUT2D eigenvalue weighted by molar-refractivity contribution is -0.122. The van der Waals surface area contributed by atoms with Crippen molar-refractivity contribution in [1.29, 1.82) is 0 Å². The number of rotatable bonds is 5. The molecular formula is C18H24N6O. The highest BCUT2D eigenvalue weighted by Gasteiger charge is 2.41. The maximum atomic E-state index is 12.8. The number of aromatic nitrogens is 2. The number of hydrogen-bond donors (Lipinski definition) is 4. The van der Waals surface area contributed by atoms with E-state index in [-0.39, 0.29) is 17.9 Å². The molecule has 25 heavy (non-hydrogen) atoms. The van der Waals surface area contributed by atoms with Gasteiger partial charge in [0.1, 0.15) is 5.54 Å². The minimum atomic E-state index is -0.558. The van der Waals surface area contributed by atoms with E-state index in [0.29, 0.717) is 6.54 Å². The van der Waals surface area contributed by atoms with Crippen LogP contribution in [0.5, 0.6) is 0 Å². The van der Waals surface area contributed by atoms with Gasteiger partial charge in [0.2, 0.25) is 11.9 Å². The summed E-state index contributed by atoms with van der Waals surface area (Å²) < 4.78 is 0. The third-order valence-electron chi connectivity index (χ3n) is 4.30. The summed E-state index contributed by atoms with van der Waals surface area (Å²) in [7, 11) is 0. The molecule has 1 fully saturated rings. The van der Waals surface area contributed by atoms with Crippen molar-refractivity contribution in [1.82, 2.24) is 20.6 Å². The van der Waals surface area contributed by atoms with E-state index in [2.05, 4.69) is 39.8 Å². The molecule has 7 heteroatoms. The molecule has 5 N–H and O–H groups in total. The minimum absolute atomic E-state index is 0.00484. The van der Waals surface area contributed by atoms with Crippen molar-refractivity contribution in [2.24, 2.45) is 0 Å². The lowest BCUT2D eigenvalue weighted by Crippen LogP contribution is -2.58. The Hall–Kier alpha value is -2.51. The lowest BCUT2D eigenvalue weighted by Gasteiger charge is -2.30. The first kappa shape index (κ1) is 17.3. The number of anilines is 2. The number of nitrogens with zero attached hydrogens (tertiary/aromatic N) is 2. The summed E-state index contributed by atoms with van der Waals surface area (Å²) in [5.41, 5.74) is 7.56. The van der Waals surface area contributed by atoms with Crippen LogP contribution in [0.25, 0.3) is 11.1 Å². The fourth-order valence-electron chi connectivity index (χ4n) is 3.11. The summed E-state index contributed by atoms with van der Waals surface area (Å²) in [6.07, 6.45) is 4.14. The van der Waals surface area contributed by atoms with Gasteiger partial charge in [-0.2, -0.15) is 0 Å². The molecule has 2 aromatic rings. The Morgan fingerprint density at radius 1 is 1.20 bits per heavy atom. The molecule has 132 valence electrons. The number of nitrogen functional groups attached to an aromatic ring is 1. The van der Waals surface area contributed by atoms with Gasteiger partial charge in [-0.25, -0.2) is 9.97 Å². The van der Waals surface area contributed by atoms with Gasteiger partial charge in [-0.1, -0.05) is 12.1 Å². The zero-order valence-corrected chi connectivity index (χ0v) is 14.5. The molecule has 1 amide bonds. The molecule has 1 atom stereocenters. The van der Waals surface area contributed by atoms with Crippen molar-refractivity contribution in [2.45, 2.75) is 31.8 Å². The number of hydrogen-bond acceptors (Lipinski definition) is 6. The first-order valence-electron chi connectivity index (χ1n) is 8.46. The van der Waals surface area contributed by atoms with Gasteiger partial charge in [0, 0.05) is 36.2 Å². The molecule has 0 saturated carbocycles. The van der Waals surface area contributed by atoms with Crippen LogP contribution < -0.4 is 21.7 Å². The maximum Gasteiger partial charge on any atom is 0.246 e. The average Bonchev–Trinajstić information content (AvgIpc) is 3.05. The molecule has 0 bridgehead atoms. The number of benzene rings is 1. The van der Waals surface area contributed by atoms with Crippen LogP contribution in [0.2, 0.25) is 0 Å². The Balaban J connectivity index is 1.72. The highest BCUT2D eigenvalue weighted by molar-refractivity contribution is 5.98. The molecule has 7 nitrogen and oxygen atoms in total. The van der Waals surface area contributed by atoms with E-state index in [1.807, 2.05) is 24.3 Å². The van der Waals surface area contributed by atoms with Crippen LogP contribution in [0.3, 0.4) is 0 Å². The first-order chi connectivity index (χ1) is 12.0. The Kier molecular flexibility index (Phi) is 4.96. The normalized spacial score (nSPS) is 20.0. The maximum absolute atomic E-state index is 12.8. The molecular weight excluding hydrogens is 316 g/mol. The van der Waals surface area contributed by atoms with Crippen LogP contribution in [-0.4, -0.2) is 40.5 Å². The number of amides is 1. The number of carbonyl (C=O) groups excluding carboxylic acids is 1. The zero-order valence-electron chi connectivity index (χ0n) is 14.5. The van der Waals surface area contributed by atoms with Crippen molar-refractivity contribution in [3.63, 3.8) is 0 Å². The number of nitrogens with two attached hydrogens (primary N) is 1. The van der Waals surface area contributed by atoms with Gasteiger partial charge in [0.25, 0.3) is 0 Å². The highest BCUT2D eigenvalue weighted by atomic mass is 16.2. The predicted molar refractivity (Wildman–Crippen MR) is 99.0 cm³/mol. The summed E-state index contributed by atoms with van der Waals surface area (Å²) >= 11 is 0. The molecule has 0 aliphatic carbocycles. The standard InChI is InChI=1S/C18H24N6O/c1-12(2)24-18(7-8-20-11-18)16(25)23-15-5-3-13(4-6-15)14-9-21-17(19)22-10-14/h3-6,9-10,12,20,24H,7-8,11H2,1-2H3,(H,23,25)(H2,19,21,22). The van der Waals surface area contributed by atoms with Crippen molar-refractivity contribution < 1.29 is 4.79 Å². The van der Waals surface area contributed by atoms with E-state index in [4.69, 9.17) is 5.73 Å². The summed E-state index contributed by atoms with van der Waals surface area (Å²) in [6, 6.07) is 7.86. The topological polar surface area (TPSA) is 105 Å². The molecule has 0 radical (unpaired) electrons. The van der Waals surface area contributed by atoms with Crippen molar-refractivity contribution >= 4 is 17.5 Å². The van der Waals surface area contributed by atoms with Crippen LogP contribution in [0.1, 0.15) is 20.3 Å². The molecule has 2 heterocycles. The highest BCUT2D eigenvalue weighted by Crippen LogP contribution is 2.22. The van der Waals surface area contributed by atoms with Crippen molar-refractivity contribution in [3.8, 4) is 11.1 Å². The molecule has 1 aromatic carbocycles. The monoisotopic (exact) mass is 340 g/mol. The minimum Gasteiger partial charge on any atom is -0.368 e. The van der Waals surface area contributed by atoms with Gasteiger partial charge < -0.3 is 16.4 Å². The second-order valence-electron chi connectivity index (χ2n) is 6.67. The molecule has 3 rings (SSSR count). The summed E-state index contributed by atoms with van der Waals surface area (Å²) in [5, 5.41) is 9.71. The second-order valence-corrected chi connectivity index (χ2v) is 6.67. The smallest absolute Gasteiger partial charge is 0.246 e. The average molecular weight is 340 g/mol. The van der Waals surface area contributed by atoms with Gasteiger partial charge in [-0.3, -0.25) is 10.1 Å². The number of nitrogens with one attached hydrogen (secondary N) is 3. The Morgan fingerprint density at radius 2 is 1.88 bits per heavy atom. The fourth-order valence-corrected chi connectivity index (χ4v) is 3.11. The van der Waals surface area contributed by atoms with Gasteiger partial charge in [0.05, 0.1) is 0 Å². The van der Waals surface area contributed by atoms with E-state index >= 15 is 0 Å². The zero-order chi connectivity index (χ0) is 17.9. The van der Waals surface area contributed by atoms with E-state index in [9.17, 15) is 4.79 Å². The van der Waals surface area contributed by atoms with Crippen molar-refractivity contribution in [3.05, 3.63) is 36.7 Å². The molecule has 1 saturated heterocycles. The van der Waals surface area contributed by atoms with Crippen LogP contribution >= 0.6 is 0 Å². The van der Waals surface area contributed by atoms with Gasteiger partial charge >= 0.3 is 0 Å². The third kappa shape index (κ3) is 3.94. The quantitative estimate of drug-likeness (QED) is 0.656. The lowest BCUT2D eigenvalue weighted by atomic mass is 9.96. The third-order valence-corrected chi connectivity index (χ3v) is 4.30. The summed E-state index contributed by atoms with van der Waals surface area (Å²) in [6.45, 7) is 5.58. The predicted octanol–water partition coefficient (Wildman–Crippen LogP) is 1.39. The Bertz CT molecular complexity index is 720. The van der Waals surface area contributed by atoms with E-state index in [1.54, 1.807) is 12.4 Å². The van der Waals surface area contributed by atoms with Gasteiger partial charge in [-0.15, -0.1) is 0 Å². The second kappa shape index (κ2) is 7.16. The van der Waals surface area contributed by atoms with Gasteiger partial charge in [0.15, 0.2) is 0 Å². The molecule has 1 unspecified atom stereocenters. The summed E-state index contributed by atoms with van der Waals surface area (Å²) in [5.74, 6) is 0.246. The van der Waals surface area contributed by atoms with Crippen LogP contribution in [-0.2, 0) is 4.79 Å². The van der Waals surface area contributed by atoms with Crippen molar-refractivity contribution in [2.75, 3.05) is 24.1 Å². The van der Waals surface area contributed by atoms with E-state index < -0.39 is 5.54 Å². The Labute approximate surface area is 147 Å².